The number of aryl methyl sites for hydroxylation is 1. The van der Waals surface area contributed by atoms with Crippen LogP contribution in [-0.2, 0) is 9.53 Å². The van der Waals surface area contributed by atoms with E-state index >= 15 is 0 Å². The van der Waals surface area contributed by atoms with Crippen molar-refractivity contribution in [2.75, 3.05) is 6.61 Å². The minimum absolute atomic E-state index is 0.233. The van der Waals surface area contributed by atoms with Crippen LogP contribution in [0.5, 0.6) is 0 Å². The van der Waals surface area contributed by atoms with Gasteiger partial charge in [0.1, 0.15) is 0 Å². The summed E-state index contributed by atoms with van der Waals surface area (Å²) in [6.45, 7) is 4.19. The Labute approximate surface area is 90.2 Å². The van der Waals surface area contributed by atoms with Crippen LogP contribution in [0.3, 0.4) is 0 Å². The van der Waals surface area contributed by atoms with Crippen LogP contribution in [0, 0.1) is 6.92 Å². The Morgan fingerprint density at radius 2 is 2.27 bits per heavy atom. The predicted octanol–water partition coefficient (Wildman–Crippen LogP) is 1.95. The molecule has 0 bridgehead atoms. The van der Waals surface area contributed by atoms with Crippen molar-refractivity contribution < 1.29 is 9.53 Å². The van der Waals surface area contributed by atoms with Crippen LogP contribution in [0.25, 0.3) is 0 Å². The molecule has 1 atom stereocenters. The van der Waals surface area contributed by atoms with E-state index in [1.54, 1.807) is 6.92 Å². The maximum Gasteiger partial charge on any atom is 0.307 e. The van der Waals surface area contributed by atoms with Gasteiger partial charge < -0.3 is 10.5 Å². The van der Waals surface area contributed by atoms with Crippen molar-refractivity contribution >= 4 is 5.97 Å². The number of carbonyl (C=O) groups is 1. The summed E-state index contributed by atoms with van der Waals surface area (Å²) in [7, 11) is 0. The van der Waals surface area contributed by atoms with Gasteiger partial charge in [-0.05, 0) is 19.4 Å². The van der Waals surface area contributed by atoms with E-state index in [1.165, 1.54) is 0 Å². The van der Waals surface area contributed by atoms with E-state index in [1.807, 2.05) is 31.2 Å². The van der Waals surface area contributed by atoms with Gasteiger partial charge >= 0.3 is 5.97 Å². The summed E-state index contributed by atoms with van der Waals surface area (Å²) in [5.74, 6) is -0.244. The number of nitrogens with two attached hydrogens (primary N) is 1. The van der Waals surface area contributed by atoms with E-state index in [0.717, 1.165) is 11.1 Å². The summed E-state index contributed by atoms with van der Waals surface area (Å²) < 4.78 is 4.85. The molecule has 0 unspecified atom stereocenters. The number of rotatable bonds is 4. The van der Waals surface area contributed by atoms with Gasteiger partial charge in [0.25, 0.3) is 0 Å². The fourth-order valence-corrected chi connectivity index (χ4v) is 1.42. The van der Waals surface area contributed by atoms with Crippen LogP contribution < -0.4 is 5.73 Å². The Hall–Kier alpha value is -1.35. The van der Waals surface area contributed by atoms with Gasteiger partial charge in [0, 0.05) is 6.04 Å². The van der Waals surface area contributed by atoms with Crippen LogP contribution in [0.1, 0.15) is 30.5 Å². The van der Waals surface area contributed by atoms with E-state index in [-0.39, 0.29) is 18.4 Å². The molecule has 0 aliphatic rings. The maximum absolute atomic E-state index is 11.2. The first kappa shape index (κ1) is 11.7. The summed E-state index contributed by atoms with van der Waals surface area (Å²) in [4.78, 5) is 11.2. The highest BCUT2D eigenvalue weighted by molar-refractivity contribution is 5.70. The van der Waals surface area contributed by atoms with Crippen molar-refractivity contribution in [3.05, 3.63) is 35.4 Å². The van der Waals surface area contributed by atoms with Gasteiger partial charge in [0.2, 0.25) is 0 Å². The zero-order valence-corrected chi connectivity index (χ0v) is 9.19. The minimum atomic E-state index is -0.274. The van der Waals surface area contributed by atoms with Gasteiger partial charge in [-0.2, -0.15) is 0 Å². The fraction of sp³-hybridized carbons (Fsp3) is 0.417. The Kier molecular flexibility index (Phi) is 4.31. The van der Waals surface area contributed by atoms with Gasteiger partial charge in [-0.1, -0.05) is 29.8 Å². The number of ether oxygens (including phenoxy) is 1. The summed E-state index contributed by atoms with van der Waals surface area (Å²) in [5, 5.41) is 0. The smallest absolute Gasteiger partial charge is 0.307 e. The van der Waals surface area contributed by atoms with Gasteiger partial charge in [0.15, 0.2) is 0 Å². The van der Waals surface area contributed by atoms with E-state index in [9.17, 15) is 4.79 Å². The van der Waals surface area contributed by atoms with Crippen LogP contribution in [0.4, 0.5) is 0 Å². The van der Waals surface area contributed by atoms with E-state index < -0.39 is 0 Å². The lowest BCUT2D eigenvalue weighted by molar-refractivity contribution is -0.143. The minimum Gasteiger partial charge on any atom is -0.466 e. The van der Waals surface area contributed by atoms with Crippen molar-refractivity contribution in [1.29, 1.82) is 0 Å². The molecular weight excluding hydrogens is 190 g/mol. The van der Waals surface area contributed by atoms with Gasteiger partial charge in [0.05, 0.1) is 13.0 Å². The molecule has 3 nitrogen and oxygen atoms in total. The molecule has 2 N–H and O–H groups in total. The highest BCUT2D eigenvalue weighted by Gasteiger charge is 2.12. The third-order valence-electron chi connectivity index (χ3n) is 2.16. The number of carbonyl (C=O) groups excluding carboxylic acids is 1. The second kappa shape index (κ2) is 5.51. The highest BCUT2D eigenvalue weighted by Crippen LogP contribution is 2.15. The molecule has 0 aliphatic heterocycles. The zero-order chi connectivity index (χ0) is 11.3. The molecule has 1 aromatic rings. The second-order valence-electron chi connectivity index (χ2n) is 3.53. The molecule has 0 heterocycles. The van der Waals surface area contributed by atoms with Gasteiger partial charge in [-0.15, -0.1) is 0 Å². The predicted molar refractivity (Wildman–Crippen MR) is 59.4 cm³/mol. The molecule has 0 fully saturated rings. The third-order valence-corrected chi connectivity index (χ3v) is 2.16. The van der Waals surface area contributed by atoms with Crippen LogP contribution in [-0.4, -0.2) is 12.6 Å². The molecule has 0 amide bonds. The van der Waals surface area contributed by atoms with E-state index in [2.05, 4.69) is 0 Å². The molecule has 3 heteroatoms. The monoisotopic (exact) mass is 207 g/mol. The number of hydrogen-bond acceptors (Lipinski definition) is 3. The Bertz CT molecular complexity index is 336. The topological polar surface area (TPSA) is 52.3 Å². The lowest BCUT2D eigenvalue weighted by atomic mass is 10.0. The lowest BCUT2D eigenvalue weighted by Crippen LogP contribution is -2.17. The largest absolute Gasteiger partial charge is 0.466 e. The quantitative estimate of drug-likeness (QED) is 0.768. The summed E-state index contributed by atoms with van der Waals surface area (Å²) >= 11 is 0. The van der Waals surface area contributed by atoms with E-state index in [0.29, 0.717) is 6.61 Å². The van der Waals surface area contributed by atoms with Crippen molar-refractivity contribution in [2.45, 2.75) is 26.3 Å². The normalized spacial score (nSPS) is 12.2. The summed E-state index contributed by atoms with van der Waals surface area (Å²) in [6, 6.07) is 7.58. The molecule has 0 aromatic heterocycles. The fourth-order valence-electron chi connectivity index (χ4n) is 1.42. The number of esters is 1. The van der Waals surface area contributed by atoms with Crippen LogP contribution in [0.15, 0.2) is 24.3 Å². The average Bonchev–Trinajstić information content (AvgIpc) is 2.18. The second-order valence-corrected chi connectivity index (χ2v) is 3.53. The lowest BCUT2D eigenvalue weighted by Gasteiger charge is -2.11. The number of hydrogen-bond donors (Lipinski definition) is 1. The first-order valence-electron chi connectivity index (χ1n) is 5.11. The SMILES string of the molecule is CCOC(=O)C[C@@H](N)c1cccc(C)c1. The highest BCUT2D eigenvalue weighted by atomic mass is 16.5. The zero-order valence-electron chi connectivity index (χ0n) is 9.19. The van der Waals surface area contributed by atoms with Crippen molar-refractivity contribution in [2.24, 2.45) is 5.73 Å². The standard InChI is InChI=1S/C12H17NO2/c1-3-15-12(14)8-11(13)10-6-4-5-9(2)7-10/h4-7,11H,3,8,13H2,1-2H3/t11-/m1/s1. The Balaban J connectivity index is 2.60. The molecule has 82 valence electrons. The third kappa shape index (κ3) is 3.72. The van der Waals surface area contributed by atoms with Crippen LogP contribution in [0.2, 0.25) is 0 Å². The molecule has 0 aliphatic carbocycles. The van der Waals surface area contributed by atoms with Crippen molar-refractivity contribution in [1.82, 2.24) is 0 Å². The summed E-state index contributed by atoms with van der Waals surface area (Å²) in [5.41, 5.74) is 8.01. The van der Waals surface area contributed by atoms with Crippen molar-refractivity contribution in [3.8, 4) is 0 Å². The Morgan fingerprint density at radius 1 is 1.53 bits per heavy atom. The number of benzene rings is 1. The first-order valence-corrected chi connectivity index (χ1v) is 5.11. The average molecular weight is 207 g/mol. The molecule has 0 saturated heterocycles. The van der Waals surface area contributed by atoms with Crippen molar-refractivity contribution in [3.63, 3.8) is 0 Å². The first-order chi connectivity index (χ1) is 7.13. The van der Waals surface area contributed by atoms with E-state index in [4.69, 9.17) is 10.5 Å². The molecule has 0 saturated carbocycles. The molecule has 1 aromatic carbocycles. The molecule has 1 rings (SSSR count). The molecule has 0 spiro atoms. The molecule has 15 heavy (non-hydrogen) atoms. The maximum atomic E-state index is 11.2. The molecular formula is C12H17NO2. The Morgan fingerprint density at radius 3 is 2.87 bits per heavy atom. The van der Waals surface area contributed by atoms with Gasteiger partial charge in [-0.3, -0.25) is 4.79 Å². The molecule has 0 radical (unpaired) electrons. The van der Waals surface area contributed by atoms with Gasteiger partial charge in [-0.25, -0.2) is 0 Å². The van der Waals surface area contributed by atoms with Crippen LogP contribution >= 0.6 is 0 Å². The summed E-state index contributed by atoms with van der Waals surface area (Å²) in [6.07, 6.45) is 0.233.